The van der Waals surface area contributed by atoms with Crippen LogP contribution in [0.5, 0.6) is 0 Å². The Morgan fingerprint density at radius 2 is 1.66 bits per heavy atom. The number of hydrogen-bond donors (Lipinski definition) is 0. The van der Waals surface area contributed by atoms with E-state index in [1.807, 2.05) is 44.3 Å². The van der Waals surface area contributed by atoms with Gasteiger partial charge in [0.15, 0.2) is 0 Å². The van der Waals surface area contributed by atoms with Crippen molar-refractivity contribution < 1.29 is 36.0 Å². The molecule has 3 aromatic heterocycles. The third-order valence-corrected chi connectivity index (χ3v) is 11.5. The summed E-state index contributed by atoms with van der Waals surface area (Å²) in [6, 6.07) is 24.8. The second-order valence-electron chi connectivity index (χ2n) is 12.0. The molecule has 6 aromatic rings. The third kappa shape index (κ3) is 7.20. The van der Waals surface area contributed by atoms with Crippen molar-refractivity contribution in [2.45, 2.75) is 56.8 Å². The molecule has 0 amide bonds. The number of nitrogens with zero attached hydrogens (tertiary/aromatic N) is 2. The van der Waals surface area contributed by atoms with Crippen molar-refractivity contribution in [2.24, 2.45) is 0 Å². The van der Waals surface area contributed by atoms with E-state index in [-0.39, 0.29) is 36.7 Å². The topological polar surface area (TPSA) is 38.9 Å². The van der Waals surface area contributed by atoms with Gasteiger partial charge in [-0.05, 0) is 35.2 Å². The van der Waals surface area contributed by atoms with E-state index in [9.17, 15) is 8.78 Å². The molecule has 0 aliphatic carbocycles. The molecule has 0 saturated heterocycles. The maximum Gasteiger partial charge on any atom is 0.126 e. The van der Waals surface area contributed by atoms with Gasteiger partial charge in [-0.25, -0.2) is 4.39 Å². The van der Waals surface area contributed by atoms with Gasteiger partial charge in [0.25, 0.3) is 0 Å². The van der Waals surface area contributed by atoms with E-state index in [0.717, 1.165) is 22.4 Å². The van der Waals surface area contributed by atoms with Gasteiger partial charge in [0.05, 0.1) is 5.58 Å². The van der Waals surface area contributed by atoms with Crippen LogP contribution >= 0.6 is 0 Å². The Kier molecular flexibility index (Phi) is 9.70. The van der Waals surface area contributed by atoms with Crippen LogP contribution in [0.4, 0.5) is 8.78 Å². The Morgan fingerprint density at radius 1 is 0.886 bits per heavy atom. The van der Waals surface area contributed by atoms with Gasteiger partial charge in [-0.3, -0.25) is 4.39 Å². The van der Waals surface area contributed by atoms with Crippen molar-refractivity contribution in [3.05, 3.63) is 114 Å². The smallest absolute Gasteiger partial charge is 0.126 e. The van der Waals surface area contributed by atoms with Gasteiger partial charge in [0.1, 0.15) is 11.4 Å². The standard InChI is InChI=1S/C20H14F2NO.C17H22GeN.Ir/c1-11(2)12-7-8-23-17(9-12)14-5-6-16(22)19-15-4-3-13(21)10-18(15)24-20(14)19;1-13(2)15-11-17(14-9-7-6-8-10-14)19-12-16(15)18(3,4)5;/h3-4,6-11H,1-2H3;6-9,11-13H,1-5H3;/q2*-1;/i11D;13D;. The van der Waals surface area contributed by atoms with Crippen LogP contribution < -0.4 is 4.40 Å². The molecule has 0 aliphatic rings. The Morgan fingerprint density at radius 3 is 2.32 bits per heavy atom. The predicted molar refractivity (Wildman–Crippen MR) is 175 cm³/mol. The molecule has 0 saturated carbocycles. The van der Waals surface area contributed by atoms with Crippen LogP contribution in [-0.2, 0) is 20.1 Å². The third-order valence-electron chi connectivity index (χ3n) is 7.29. The average molecular weight is 830 g/mol. The largest absolute Gasteiger partial charge is 0.500 e. The molecular weight excluding hydrogens is 791 g/mol. The summed E-state index contributed by atoms with van der Waals surface area (Å²) < 4.78 is 51.5. The van der Waals surface area contributed by atoms with Crippen molar-refractivity contribution in [3.63, 3.8) is 0 Å². The summed E-state index contributed by atoms with van der Waals surface area (Å²) in [5, 5.41) is 0.780. The molecule has 0 atom stereocenters. The summed E-state index contributed by atoms with van der Waals surface area (Å²) >= 11 is -2.03. The van der Waals surface area contributed by atoms with E-state index in [2.05, 4.69) is 45.4 Å². The van der Waals surface area contributed by atoms with E-state index in [1.165, 1.54) is 28.7 Å². The molecule has 0 aliphatic heterocycles. The minimum absolute atomic E-state index is 0. The minimum atomic E-state index is -2.03. The average Bonchev–Trinajstić information content (AvgIpc) is 3.36. The van der Waals surface area contributed by atoms with Gasteiger partial charge >= 0.3 is 120 Å². The maximum atomic E-state index is 14.4. The van der Waals surface area contributed by atoms with E-state index in [1.54, 1.807) is 32.2 Å². The first kappa shape index (κ1) is 30.8. The number of fused-ring (bicyclic) bond motifs is 3. The fourth-order valence-corrected chi connectivity index (χ4v) is 8.31. The molecule has 0 N–H and O–H groups in total. The van der Waals surface area contributed by atoms with Gasteiger partial charge in [-0.1, -0.05) is 31.0 Å². The molecule has 229 valence electrons. The molecule has 1 radical (unpaired) electrons. The van der Waals surface area contributed by atoms with Gasteiger partial charge in [0.2, 0.25) is 0 Å². The second kappa shape index (κ2) is 13.8. The van der Waals surface area contributed by atoms with E-state index in [0.29, 0.717) is 16.6 Å². The maximum absolute atomic E-state index is 14.4. The fourth-order valence-electron chi connectivity index (χ4n) is 4.99. The first-order valence-corrected chi connectivity index (χ1v) is 21.6. The number of aromatic nitrogens is 2. The number of pyridine rings is 2. The van der Waals surface area contributed by atoms with Crippen LogP contribution in [0, 0.1) is 23.8 Å². The minimum Gasteiger partial charge on any atom is -0.500 e. The molecule has 0 spiro atoms. The van der Waals surface area contributed by atoms with Crippen molar-refractivity contribution in [2.75, 3.05) is 0 Å². The molecule has 3 aromatic carbocycles. The summed E-state index contributed by atoms with van der Waals surface area (Å²) in [6.45, 7) is 7.47. The van der Waals surface area contributed by atoms with E-state index < -0.39 is 36.7 Å². The Labute approximate surface area is 277 Å². The van der Waals surface area contributed by atoms with Crippen molar-refractivity contribution in [1.29, 1.82) is 0 Å². The van der Waals surface area contributed by atoms with Crippen molar-refractivity contribution >= 4 is 39.6 Å². The van der Waals surface area contributed by atoms with E-state index in [4.69, 9.17) is 7.16 Å². The molecular formula is C37H36F2GeIrN2O-2. The first-order valence-electron chi connectivity index (χ1n) is 15.2. The van der Waals surface area contributed by atoms with E-state index >= 15 is 0 Å². The van der Waals surface area contributed by atoms with Crippen LogP contribution in [0.3, 0.4) is 0 Å². The van der Waals surface area contributed by atoms with Gasteiger partial charge in [-0.15, -0.1) is 12.1 Å². The van der Waals surface area contributed by atoms with Crippen LogP contribution in [0.1, 0.15) is 53.4 Å². The number of benzene rings is 3. The predicted octanol–water partition coefficient (Wildman–Crippen LogP) is 10.1. The van der Waals surface area contributed by atoms with Gasteiger partial charge < -0.3 is 9.40 Å². The summed E-state index contributed by atoms with van der Waals surface area (Å²) in [7, 11) is 0. The summed E-state index contributed by atoms with van der Waals surface area (Å²) in [6.07, 6.45) is 3.61. The summed E-state index contributed by atoms with van der Waals surface area (Å²) in [5.74, 6) is 4.71. The molecule has 44 heavy (non-hydrogen) atoms. The van der Waals surface area contributed by atoms with Crippen LogP contribution in [0.25, 0.3) is 44.5 Å². The number of hydrogen-bond acceptors (Lipinski definition) is 3. The zero-order valence-electron chi connectivity index (χ0n) is 27.9. The molecule has 3 nitrogen and oxygen atoms in total. The molecule has 0 fully saturated rings. The SMILES string of the molecule is [2H]C(C)(C)c1cc(-c2[c-]cccc2)nc[c]1[Ge]([CH3])([CH3])[CH3].[2H]C(C)(C)c1ccnc(-c2[c-]cc(F)c3c2oc2cc(F)ccc23)c1.[Ir]. The van der Waals surface area contributed by atoms with Crippen LogP contribution in [-0.4, -0.2) is 23.2 Å². The molecule has 3 heterocycles. The first-order chi connectivity index (χ1) is 21.0. The Hall–Kier alpha value is -3.19. The quantitative estimate of drug-likeness (QED) is 0.128. The number of furan rings is 1. The molecule has 7 heteroatoms. The molecule has 6 rings (SSSR count). The molecule has 0 bridgehead atoms. The Balaban J connectivity index is 0.000000210. The monoisotopic (exact) mass is 831 g/mol. The zero-order valence-corrected chi connectivity index (χ0v) is 30.4. The van der Waals surface area contributed by atoms with Crippen molar-refractivity contribution in [3.8, 4) is 22.5 Å². The van der Waals surface area contributed by atoms with Crippen LogP contribution in [0.15, 0.2) is 83.5 Å². The van der Waals surface area contributed by atoms with Crippen molar-refractivity contribution in [1.82, 2.24) is 9.97 Å². The summed E-state index contributed by atoms with van der Waals surface area (Å²) in [5.41, 5.74) is 5.35. The molecule has 0 unspecified atom stereocenters. The fraction of sp³-hybridized carbons (Fsp3) is 0.243. The van der Waals surface area contributed by atoms with Gasteiger partial charge in [0, 0.05) is 44.9 Å². The number of rotatable bonds is 5. The summed E-state index contributed by atoms with van der Waals surface area (Å²) in [4.78, 5) is 8.94. The van der Waals surface area contributed by atoms with Crippen LogP contribution in [0.2, 0.25) is 17.3 Å². The van der Waals surface area contributed by atoms with Gasteiger partial charge in [-0.2, -0.15) is 0 Å². The Bertz CT molecular complexity index is 2000. The number of halogens is 2. The normalized spacial score (nSPS) is 12.7. The zero-order chi connectivity index (χ0) is 32.7. The second-order valence-corrected chi connectivity index (χ2v) is 22.6.